The number of hydrogen-bond acceptors (Lipinski definition) is 4. The molecule has 0 amide bonds. The van der Waals surface area contributed by atoms with Gasteiger partial charge in [-0.1, -0.05) is 46.1 Å². The van der Waals surface area contributed by atoms with E-state index in [1.807, 2.05) is 20.8 Å². The summed E-state index contributed by atoms with van der Waals surface area (Å²) in [4.78, 5) is 24.8. The summed E-state index contributed by atoms with van der Waals surface area (Å²) >= 11 is 0. The Hall–Kier alpha value is -1.32. The zero-order valence-electron chi connectivity index (χ0n) is 13.8. The number of allylic oxidation sites excluding steroid dienone is 1. The summed E-state index contributed by atoms with van der Waals surface area (Å²) in [6.45, 7) is 10.4. The van der Waals surface area contributed by atoms with Crippen molar-refractivity contribution in [3.8, 4) is 0 Å². The van der Waals surface area contributed by atoms with Gasteiger partial charge in [-0.25, -0.2) is 0 Å². The number of carbonyl (C=O) groups excluding carboxylic acids is 2. The molecule has 0 aliphatic carbocycles. The summed E-state index contributed by atoms with van der Waals surface area (Å²) < 4.78 is 10.6. The molecule has 0 atom stereocenters. The number of carbonyl (C=O) groups is 2. The van der Waals surface area contributed by atoms with Crippen LogP contribution in [0.15, 0.2) is 12.7 Å². The third-order valence-electron chi connectivity index (χ3n) is 3.41. The molecule has 4 nitrogen and oxygen atoms in total. The van der Waals surface area contributed by atoms with Crippen LogP contribution >= 0.6 is 0 Å². The molecule has 0 bridgehead atoms. The first-order valence-corrected chi connectivity index (χ1v) is 8.04. The molecule has 0 aromatic heterocycles. The van der Waals surface area contributed by atoms with Crippen molar-refractivity contribution in [3.05, 3.63) is 12.7 Å². The Morgan fingerprint density at radius 3 is 1.76 bits per heavy atom. The molecule has 0 unspecified atom stereocenters. The number of esters is 2. The highest BCUT2D eigenvalue weighted by Crippen LogP contribution is 2.32. The minimum Gasteiger partial charge on any atom is -0.465 e. The molecule has 21 heavy (non-hydrogen) atoms. The quantitative estimate of drug-likeness (QED) is 0.236. The zero-order valence-corrected chi connectivity index (χ0v) is 13.8. The van der Waals surface area contributed by atoms with Gasteiger partial charge in [-0.05, 0) is 25.7 Å². The van der Waals surface area contributed by atoms with E-state index in [1.54, 1.807) is 6.08 Å². The second-order valence-corrected chi connectivity index (χ2v) is 5.30. The van der Waals surface area contributed by atoms with Gasteiger partial charge in [0.05, 0.1) is 13.2 Å². The van der Waals surface area contributed by atoms with Crippen LogP contribution in [-0.2, 0) is 19.1 Å². The van der Waals surface area contributed by atoms with Gasteiger partial charge in [-0.2, -0.15) is 0 Å². The summed E-state index contributed by atoms with van der Waals surface area (Å²) in [5, 5.41) is 0. The van der Waals surface area contributed by atoms with Crippen LogP contribution in [0.3, 0.4) is 0 Å². The van der Waals surface area contributed by atoms with E-state index in [2.05, 4.69) is 6.58 Å². The van der Waals surface area contributed by atoms with Crippen molar-refractivity contribution in [1.82, 2.24) is 0 Å². The zero-order chi connectivity index (χ0) is 16.1. The highest BCUT2D eigenvalue weighted by Gasteiger charge is 2.47. The molecule has 4 heteroatoms. The standard InChI is InChI=1S/C17H30O4/c1-5-9-13-20-15(18)17(11-7-3,12-8-4)16(19)21-14-10-6-2/h7H,3,5-6,8-14H2,1-2,4H3. The molecule has 0 saturated heterocycles. The van der Waals surface area contributed by atoms with Crippen LogP contribution in [0.2, 0.25) is 0 Å². The predicted octanol–water partition coefficient (Wildman–Crippen LogP) is 4.04. The molecular formula is C17H30O4. The lowest BCUT2D eigenvalue weighted by atomic mass is 9.80. The predicted molar refractivity (Wildman–Crippen MR) is 83.9 cm³/mol. The molecule has 0 aromatic carbocycles. The van der Waals surface area contributed by atoms with Crippen LogP contribution in [0.25, 0.3) is 0 Å². The third kappa shape index (κ3) is 6.32. The first-order valence-electron chi connectivity index (χ1n) is 8.04. The van der Waals surface area contributed by atoms with Crippen molar-refractivity contribution in [3.63, 3.8) is 0 Å². The van der Waals surface area contributed by atoms with Crippen LogP contribution in [0, 0.1) is 5.41 Å². The molecule has 122 valence electrons. The maximum Gasteiger partial charge on any atom is 0.323 e. The van der Waals surface area contributed by atoms with Gasteiger partial charge in [0.25, 0.3) is 0 Å². The van der Waals surface area contributed by atoms with Crippen LogP contribution in [-0.4, -0.2) is 25.2 Å². The summed E-state index contributed by atoms with van der Waals surface area (Å²) in [7, 11) is 0. The van der Waals surface area contributed by atoms with Crippen molar-refractivity contribution < 1.29 is 19.1 Å². The maximum atomic E-state index is 12.4. The molecule has 0 saturated carbocycles. The van der Waals surface area contributed by atoms with Crippen LogP contribution in [0.4, 0.5) is 0 Å². The van der Waals surface area contributed by atoms with Gasteiger partial charge < -0.3 is 9.47 Å². The summed E-state index contributed by atoms with van der Waals surface area (Å²) in [5.41, 5.74) is -1.22. The second kappa shape index (κ2) is 11.4. The molecule has 0 heterocycles. The first kappa shape index (κ1) is 19.7. The summed E-state index contributed by atoms with van der Waals surface area (Å²) in [6.07, 6.45) is 6.47. The Kier molecular flexibility index (Phi) is 10.6. The van der Waals surface area contributed by atoms with Gasteiger partial charge in [0.2, 0.25) is 0 Å². The van der Waals surface area contributed by atoms with Crippen molar-refractivity contribution in [2.24, 2.45) is 5.41 Å². The minimum atomic E-state index is -1.22. The van der Waals surface area contributed by atoms with Crippen LogP contribution < -0.4 is 0 Å². The van der Waals surface area contributed by atoms with E-state index >= 15 is 0 Å². The minimum absolute atomic E-state index is 0.261. The van der Waals surface area contributed by atoms with Gasteiger partial charge >= 0.3 is 11.9 Å². The fourth-order valence-electron chi connectivity index (χ4n) is 2.12. The summed E-state index contributed by atoms with van der Waals surface area (Å²) in [5.74, 6) is -0.946. The van der Waals surface area contributed by atoms with Gasteiger partial charge in [0.1, 0.15) is 0 Å². The third-order valence-corrected chi connectivity index (χ3v) is 3.41. The van der Waals surface area contributed by atoms with E-state index in [-0.39, 0.29) is 6.42 Å². The lowest BCUT2D eigenvalue weighted by molar-refractivity contribution is -0.173. The van der Waals surface area contributed by atoms with Crippen molar-refractivity contribution in [2.45, 2.75) is 65.7 Å². The fraction of sp³-hybridized carbons (Fsp3) is 0.765. The van der Waals surface area contributed by atoms with Crippen molar-refractivity contribution in [1.29, 1.82) is 0 Å². The molecule has 0 spiro atoms. The maximum absolute atomic E-state index is 12.4. The number of ether oxygens (including phenoxy) is 2. The van der Waals surface area contributed by atoms with E-state index in [0.29, 0.717) is 26.1 Å². The van der Waals surface area contributed by atoms with Gasteiger partial charge in [-0.3, -0.25) is 9.59 Å². The monoisotopic (exact) mass is 298 g/mol. The van der Waals surface area contributed by atoms with Gasteiger partial charge in [0.15, 0.2) is 5.41 Å². The smallest absolute Gasteiger partial charge is 0.323 e. The average Bonchev–Trinajstić information content (AvgIpc) is 2.47. The average molecular weight is 298 g/mol. The lowest BCUT2D eigenvalue weighted by Crippen LogP contribution is -2.42. The highest BCUT2D eigenvalue weighted by molar-refractivity contribution is 6.00. The molecule has 0 aliphatic heterocycles. The van der Waals surface area contributed by atoms with Crippen LogP contribution in [0.1, 0.15) is 65.7 Å². The number of rotatable bonds is 12. The van der Waals surface area contributed by atoms with Crippen LogP contribution in [0.5, 0.6) is 0 Å². The van der Waals surface area contributed by atoms with Gasteiger partial charge in [0, 0.05) is 0 Å². The Labute approximate surface area is 128 Å². The Bertz CT molecular complexity index is 301. The second-order valence-electron chi connectivity index (χ2n) is 5.30. The molecule has 0 N–H and O–H groups in total. The highest BCUT2D eigenvalue weighted by atomic mass is 16.6. The van der Waals surface area contributed by atoms with E-state index in [4.69, 9.17) is 9.47 Å². The van der Waals surface area contributed by atoms with E-state index < -0.39 is 17.4 Å². The Balaban J connectivity index is 4.98. The lowest BCUT2D eigenvalue weighted by Gasteiger charge is -2.28. The summed E-state index contributed by atoms with van der Waals surface area (Å²) in [6, 6.07) is 0. The SMILES string of the molecule is C=CCC(CCC)(C(=O)OCCCC)C(=O)OCCCC. The normalized spacial score (nSPS) is 11.0. The fourth-order valence-corrected chi connectivity index (χ4v) is 2.12. The molecule has 0 aliphatic rings. The van der Waals surface area contributed by atoms with E-state index in [0.717, 1.165) is 25.7 Å². The molecular weight excluding hydrogens is 268 g/mol. The molecule has 0 radical (unpaired) electrons. The largest absolute Gasteiger partial charge is 0.465 e. The first-order chi connectivity index (χ1) is 10.1. The Morgan fingerprint density at radius 2 is 1.43 bits per heavy atom. The van der Waals surface area contributed by atoms with Crippen molar-refractivity contribution >= 4 is 11.9 Å². The van der Waals surface area contributed by atoms with Gasteiger partial charge in [-0.15, -0.1) is 6.58 Å². The van der Waals surface area contributed by atoms with Crippen molar-refractivity contribution in [2.75, 3.05) is 13.2 Å². The Morgan fingerprint density at radius 1 is 0.952 bits per heavy atom. The molecule has 0 fully saturated rings. The number of unbranched alkanes of at least 4 members (excludes halogenated alkanes) is 2. The number of hydrogen-bond donors (Lipinski definition) is 0. The molecule has 0 rings (SSSR count). The van der Waals surface area contributed by atoms with E-state index in [1.165, 1.54) is 0 Å². The topological polar surface area (TPSA) is 52.6 Å². The van der Waals surface area contributed by atoms with E-state index in [9.17, 15) is 9.59 Å². The molecule has 0 aromatic rings.